The highest BCUT2D eigenvalue weighted by atomic mass is 16.5. The minimum atomic E-state index is 0.0409. The largest absolute Gasteiger partial charge is 0.489 e. The molecule has 1 fully saturated rings. The summed E-state index contributed by atoms with van der Waals surface area (Å²) in [5.41, 5.74) is 1.81. The molecule has 19 heavy (non-hydrogen) atoms. The van der Waals surface area contributed by atoms with Crippen molar-refractivity contribution in [1.29, 1.82) is 0 Å². The van der Waals surface area contributed by atoms with Gasteiger partial charge in [0.15, 0.2) is 0 Å². The second-order valence-electron chi connectivity index (χ2n) is 4.69. The summed E-state index contributed by atoms with van der Waals surface area (Å²) in [6, 6.07) is 5.75. The summed E-state index contributed by atoms with van der Waals surface area (Å²) in [6.45, 7) is 4.47. The number of hydrogen-bond donors (Lipinski definition) is 2. The average molecular weight is 264 g/mol. The van der Waals surface area contributed by atoms with Crippen molar-refractivity contribution < 1.29 is 14.3 Å². The summed E-state index contributed by atoms with van der Waals surface area (Å²) in [6.07, 6.45) is 0. The first-order chi connectivity index (χ1) is 9.20. The van der Waals surface area contributed by atoms with Crippen molar-refractivity contribution in [2.24, 2.45) is 5.92 Å². The van der Waals surface area contributed by atoms with Crippen LogP contribution in [0.4, 0.5) is 5.69 Å². The van der Waals surface area contributed by atoms with Crippen LogP contribution in [0.1, 0.15) is 5.56 Å². The first-order valence-electron chi connectivity index (χ1n) is 6.44. The van der Waals surface area contributed by atoms with Crippen molar-refractivity contribution >= 4 is 11.6 Å². The van der Waals surface area contributed by atoms with Crippen LogP contribution in [0.25, 0.3) is 0 Å². The maximum absolute atomic E-state index is 11.9. The summed E-state index contributed by atoms with van der Waals surface area (Å²) >= 11 is 0. The first-order valence-corrected chi connectivity index (χ1v) is 6.44. The number of carbonyl (C=O) groups is 1. The molecule has 0 atom stereocenters. The van der Waals surface area contributed by atoms with Crippen LogP contribution in [-0.4, -0.2) is 39.3 Å². The summed E-state index contributed by atoms with van der Waals surface area (Å²) in [4.78, 5) is 11.9. The van der Waals surface area contributed by atoms with E-state index in [0.29, 0.717) is 19.0 Å². The number of hydrogen-bond acceptors (Lipinski definition) is 4. The molecule has 5 heteroatoms. The molecule has 1 aromatic rings. The number of methoxy groups -OCH3 is 1. The van der Waals surface area contributed by atoms with Crippen LogP contribution < -0.4 is 15.4 Å². The molecule has 1 aliphatic heterocycles. The lowest BCUT2D eigenvalue weighted by molar-refractivity contribution is -0.121. The van der Waals surface area contributed by atoms with Crippen molar-refractivity contribution in [2.75, 3.05) is 38.7 Å². The van der Waals surface area contributed by atoms with Crippen LogP contribution in [0, 0.1) is 12.8 Å². The molecule has 0 spiro atoms. The Balaban J connectivity index is 2.02. The van der Waals surface area contributed by atoms with Gasteiger partial charge in [-0.3, -0.25) is 4.79 Å². The fourth-order valence-electron chi connectivity index (χ4n) is 1.80. The highest BCUT2D eigenvalue weighted by molar-refractivity contribution is 5.94. The van der Waals surface area contributed by atoms with Gasteiger partial charge in [-0.05, 0) is 24.6 Å². The highest BCUT2D eigenvalue weighted by Gasteiger charge is 2.25. The molecular weight excluding hydrogens is 244 g/mol. The van der Waals surface area contributed by atoms with Gasteiger partial charge in [-0.15, -0.1) is 0 Å². The quantitative estimate of drug-likeness (QED) is 0.757. The SMILES string of the molecule is COCCOc1cc(C)ccc1NC(=O)C1CNC1. The van der Waals surface area contributed by atoms with Gasteiger partial charge in [-0.1, -0.05) is 6.07 Å². The predicted molar refractivity (Wildman–Crippen MR) is 73.5 cm³/mol. The van der Waals surface area contributed by atoms with E-state index < -0.39 is 0 Å². The normalized spacial score (nSPS) is 14.8. The molecule has 0 saturated carbocycles. The molecule has 5 nitrogen and oxygen atoms in total. The Bertz CT molecular complexity index is 444. The number of carbonyl (C=O) groups excluding carboxylic acids is 1. The van der Waals surface area contributed by atoms with Crippen molar-refractivity contribution in [3.05, 3.63) is 23.8 Å². The molecule has 1 heterocycles. The van der Waals surface area contributed by atoms with Gasteiger partial charge in [0, 0.05) is 20.2 Å². The number of nitrogens with one attached hydrogen (secondary N) is 2. The molecule has 0 bridgehead atoms. The van der Waals surface area contributed by atoms with Crippen LogP contribution in [-0.2, 0) is 9.53 Å². The minimum Gasteiger partial charge on any atom is -0.489 e. The number of amides is 1. The lowest BCUT2D eigenvalue weighted by atomic mass is 10.0. The van der Waals surface area contributed by atoms with Crippen molar-refractivity contribution in [2.45, 2.75) is 6.92 Å². The number of anilines is 1. The van der Waals surface area contributed by atoms with Gasteiger partial charge in [-0.25, -0.2) is 0 Å². The predicted octanol–water partition coefficient (Wildman–Crippen LogP) is 1.18. The Morgan fingerprint density at radius 3 is 2.84 bits per heavy atom. The van der Waals surface area contributed by atoms with E-state index in [1.165, 1.54) is 0 Å². The van der Waals surface area contributed by atoms with Crippen molar-refractivity contribution in [1.82, 2.24) is 5.32 Å². The van der Waals surface area contributed by atoms with E-state index in [4.69, 9.17) is 9.47 Å². The van der Waals surface area contributed by atoms with Gasteiger partial charge in [0.1, 0.15) is 12.4 Å². The average Bonchev–Trinajstić information content (AvgIpc) is 2.30. The maximum atomic E-state index is 11.9. The zero-order valence-electron chi connectivity index (χ0n) is 11.4. The van der Waals surface area contributed by atoms with Crippen LogP contribution in [0.2, 0.25) is 0 Å². The second-order valence-corrected chi connectivity index (χ2v) is 4.69. The van der Waals surface area contributed by atoms with Crippen LogP contribution >= 0.6 is 0 Å². The molecule has 2 rings (SSSR count). The molecular formula is C14H20N2O3. The second kappa shape index (κ2) is 6.54. The summed E-state index contributed by atoms with van der Waals surface area (Å²) in [5, 5.41) is 6.01. The molecule has 1 saturated heterocycles. The number of rotatable bonds is 6. The number of aryl methyl sites for hydroxylation is 1. The Kier molecular flexibility index (Phi) is 4.76. The lowest BCUT2D eigenvalue weighted by Gasteiger charge is -2.26. The van der Waals surface area contributed by atoms with Gasteiger partial charge in [0.25, 0.3) is 0 Å². The van der Waals surface area contributed by atoms with E-state index in [9.17, 15) is 4.79 Å². The van der Waals surface area contributed by atoms with Crippen LogP contribution in [0.3, 0.4) is 0 Å². The van der Waals surface area contributed by atoms with E-state index in [1.807, 2.05) is 25.1 Å². The third-order valence-corrected chi connectivity index (χ3v) is 3.09. The molecule has 1 aliphatic rings. The molecule has 1 aromatic carbocycles. The Hall–Kier alpha value is -1.59. The number of ether oxygens (including phenoxy) is 2. The third kappa shape index (κ3) is 3.68. The molecule has 0 aliphatic carbocycles. The zero-order chi connectivity index (χ0) is 13.7. The van der Waals surface area contributed by atoms with E-state index in [0.717, 1.165) is 24.3 Å². The molecule has 104 valence electrons. The fraction of sp³-hybridized carbons (Fsp3) is 0.500. The van der Waals surface area contributed by atoms with Crippen molar-refractivity contribution in [3.8, 4) is 5.75 Å². The Morgan fingerprint density at radius 2 is 2.21 bits per heavy atom. The molecule has 0 unspecified atom stereocenters. The molecule has 1 amide bonds. The standard InChI is InChI=1S/C14H20N2O3/c1-10-3-4-12(13(7-10)19-6-5-18-2)16-14(17)11-8-15-9-11/h3-4,7,11,15H,5-6,8-9H2,1-2H3,(H,16,17). The fourth-order valence-corrected chi connectivity index (χ4v) is 1.80. The van der Waals surface area contributed by atoms with Crippen LogP contribution in [0.15, 0.2) is 18.2 Å². The number of benzene rings is 1. The molecule has 0 aromatic heterocycles. The topological polar surface area (TPSA) is 59.6 Å². The Labute approximate surface area is 113 Å². The van der Waals surface area contributed by atoms with Crippen LogP contribution in [0.5, 0.6) is 5.75 Å². The molecule has 0 radical (unpaired) electrons. The van der Waals surface area contributed by atoms with E-state index in [-0.39, 0.29) is 11.8 Å². The summed E-state index contributed by atoms with van der Waals surface area (Å²) in [7, 11) is 1.63. The van der Waals surface area contributed by atoms with E-state index in [2.05, 4.69) is 10.6 Å². The highest BCUT2D eigenvalue weighted by Crippen LogP contribution is 2.26. The monoisotopic (exact) mass is 264 g/mol. The van der Waals surface area contributed by atoms with E-state index >= 15 is 0 Å². The van der Waals surface area contributed by atoms with Crippen molar-refractivity contribution in [3.63, 3.8) is 0 Å². The summed E-state index contributed by atoms with van der Waals surface area (Å²) < 4.78 is 10.6. The minimum absolute atomic E-state index is 0.0409. The van der Waals surface area contributed by atoms with Gasteiger partial charge < -0.3 is 20.1 Å². The summed E-state index contributed by atoms with van der Waals surface area (Å²) in [5.74, 6) is 0.796. The van der Waals surface area contributed by atoms with Gasteiger partial charge in [0.05, 0.1) is 18.2 Å². The first kappa shape index (κ1) is 13.8. The third-order valence-electron chi connectivity index (χ3n) is 3.09. The molecule has 2 N–H and O–H groups in total. The smallest absolute Gasteiger partial charge is 0.230 e. The van der Waals surface area contributed by atoms with E-state index in [1.54, 1.807) is 7.11 Å². The van der Waals surface area contributed by atoms with Gasteiger partial charge in [-0.2, -0.15) is 0 Å². The van der Waals surface area contributed by atoms with Gasteiger partial charge in [0.2, 0.25) is 5.91 Å². The Morgan fingerprint density at radius 1 is 1.42 bits per heavy atom. The maximum Gasteiger partial charge on any atom is 0.230 e. The zero-order valence-corrected chi connectivity index (χ0v) is 11.4. The van der Waals surface area contributed by atoms with Gasteiger partial charge >= 0.3 is 0 Å². The lowest BCUT2D eigenvalue weighted by Crippen LogP contribution is -2.48.